The zero-order chi connectivity index (χ0) is 10.5. The number of rotatable bonds is 0. The first-order chi connectivity index (χ1) is 6.52. The van der Waals surface area contributed by atoms with Crippen molar-refractivity contribution in [1.82, 2.24) is 4.98 Å². The highest BCUT2D eigenvalue weighted by molar-refractivity contribution is 6.14. The number of hydrogen-bond acceptors (Lipinski definition) is 4. The fraction of sp³-hybridized carbons (Fsp3) is 0.300. The van der Waals surface area contributed by atoms with Gasteiger partial charge in [0, 0.05) is 5.69 Å². The minimum atomic E-state index is -0.642. The SMILES string of the molecule is Cc1nc2c(c(C)c1C)C(=O)OC2=O. The van der Waals surface area contributed by atoms with Gasteiger partial charge < -0.3 is 4.74 Å². The number of aromatic nitrogens is 1. The van der Waals surface area contributed by atoms with E-state index < -0.39 is 11.9 Å². The van der Waals surface area contributed by atoms with Crippen LogP contribution in [-0.4, -0.2) is 16.9 Å². The van der Waals surface area contributed by atoms with Gasteiger partial charge in [-0.25, -0.2) is 14.6 Å². The Labute approximate surface area is 80.9 Å². The molecule has 0 bridgehead atoms. The second-order valence-corrected chi connectivity index (χ2v) is 3.35. The van der Waals surface area contributed by atoms with E-state index >= 15 is 0 Å². The Bertz CT molecular complexity index is 463. The molecule has 1 aromatic rings. The lowest BCUT2D eigenvalue weighted by Crippen LogP contribution is -2.03. The van der Waals surface area contributed by atoms with Crippen LogP contribution in [0.2, 0.25) is 0 Å². The van der Waals surface area contributed by atoms with Crippen LogP contribution in [0.5, 0.6) is 0 Å². The van der Waals surface area contributed by atoms with Crippen LogP contribution in [0.4, 0.5) is 0 Å². The molecule has 0 amide bonds. The lowest BCUT2D eigenvalue weighted by Gasteiger charge is -2.05. The van der Waals surface area contributed by atoms with E-state index in [0.717, 1.165) is 16.8 Å². The first-order valence-electron chi connectivity index (χ1n) is 4.26. The molecule has 0 spiro atoms. The summed E-state index contributed by atoms with van der Waals surface area (Å²) in [4.78, 5) is 26.5. The molecule has 2 heterocycles. The van der Waals surface area contributed by atoms with E-state index in [1.165, 1.54) is 0 Å². The van der Waals surface area contributed by atoms with Gasteiger partial charge in [-0.2, -0.15) is 0 Å². The van der Waals surface area contributed by atoms with Gasteiger partial charge in [0.15, 0.2) is 5.69 Å². The molecule has 4 heteroatoms. The molecule has 1 aliphatic heterocycles. The maximum atomic E-state index is 11.3. The number of carbonyl (C=O) groups excluding carboxylic acids is 2. The number of hydrogen-bond donors (Lipinski definition) is 0. The van der Waals surface area contributed by atoms with Crippen molar-refractivity contribution in [3.63, 3.8) is 0 Å². The summed E-state index contributed by atoms with van der Waals surface area (Å²) in [5, 5.41) is 0. The molecule has 0 aliphatic carbocycles. The Kier molecular flexibility index (Phi) is 1.67. The minimum Gasteiger partial charge on any atom is -0.384 e. The van der Waals surface area contributed by atoms with Crippen LogP contribution in [-0.2, 0) is 4.74 Å². The molecule has 14 heavy (non-hydrogen) atoms. The van der Waals surface area contributed by atoms with Crippen LogP contribution in [0, 0.1) is 20.8 Å². The Hall–Kier alpha value is -1.71. The molecule has 0 saturated carbocycles. The summed E-state index contributed by atoms with van der Waals surface area (Å²) in [5.74, 6) is -1.23. The van der Waals surface area contributed by atoms with Crippen molar-refractivity contribution < 1.29 is 14.3 Å². The van der Waals surface area contributed by atoms with E-state index in [-0.39, 0.29) is 5.69 Å². The van der Waals surface area contributed by atoms with E-state index in [4.69, 9.17) is 0 Å². The number of nitrogens with zero attached hydrogens (tertiary/aromatic N) is 1. The van der Waals surface area contributed by atoms with Crippen LogP contribution >= 0.6 is 0 Å². The molecule has 1 aliphatic rings. The topological polar surface area (TPSA) is 56.3 Å². The average molecular weight is 191 g/mol. The van der Waals surface area contributed by atoms with Gasteiger partial charge in [0.25, 0.3) is 0 Å². The van der Waals surface area contributed by atoms with Crippen LogP contribution < -0.4 is 0 Å². The number of aryl methyl sites for hydroxylation is 1. The predicted molar refractivity (Wildman–Crippen MR) is 48.2 cm³/mol. The summed E-state index contributed by atoms with van der Waals surface area (Å²) in [6, 6.07) is 0. The summed E-state index contributed by atoms with van der Waals surface area (Å²) in [7, 11) is 0. The van der Waals surface area contributed by atoms with E-state index in [0.29, 0.717) is 5.56 Å². The summed E-state index contributed by atoms with van der Waals surface area (Å²) >= 11 is 0. The van der Waals surface area contributed by atoms with Gasteiger partial charge in [0.2, 0.25) is 0 Å². The molecule has 0 N–H and O–H groups in total. The lowest BCUT2D eigenvalue weighted by molar-refractivity contribution is 0.0441. The van der Waals surface area contributed by atoms with Crippen LogP contribution in [0.15, 0.2) is 0 Å². The van der Waals surface area contributed by atoms with Crippen molar-refractivity contribution in [1.29, 1.82) is 0 Å². The van der Waals surface area contributed by atoms with Gasteiger partial charge >= 0.3 is 11.9 Å². The van der Waals surface area contributed by atoms with Gasteiger partial charge in [-0.05, 0) is 31.9 Å². The first kappa shape index (κ1) is 8.87. The molecule has 4 nitrogen and oxygen atoms in total. The van der Waals surface area contributed by atoms with Crippen LogP contribution in [0.1, 0.15) is 37.7 Å². The normalized spacial score (nSPS) is 14.2. The summed E-state index contributed by atoms with van der Waals surface area (Å²) < 4.78 is 4.48. The second kappa shape index (κ2) is 2.64. The summed E-state index contributed by atoms with van der Waals surface area (Å²) in [6.07, 6.45) is 0. The third-order valence-electron chi connectivity index (χ3n) is 2.58. The van der Waals surface area contributed by atoms with E-state index in [2.05, 4.69) is 9.72 Å². The molecular formula is C10H9NO3. The monoisotopic (exact) mass is 191 g/mol. The smallest absolute Gasteiger partial charge is 0.365 e. The molecular weight excluding hydrogens is 182 g/mol. The summed E-state index contributed by atoms with van der Waals surface area (Å²) in [6.45, 7) is 5.47. The Morgan fingerprint density at radius 1 is 1.00 bits per heavy atom. The number of fused-ring (bicyclic) bond motifs is 1. The van der Waals surface area contributed by atoms with Gasteiger partial charge in [0.1, 0.15) is 0 Å². The van der Waals surface area contributed by atoms with Gasteiger partial charge in [-0.3, -0.25) is 0 Å². The standard InChI is InChI=1S/C10H9NO3/c1-4-5(2)7-8(11-6(4)3)10(13)14-9(7)12/h1-3H3. The fourth-order valence-corrected chi connectivity index (χ4v) is 1.52. The molecule has 0 aromatic carbocycles. The number of cyclic esters (lactones) is 2. The first-order valence-corrected chi connectivity index (χ1v) is 4.26. The predicted octanol–water partition coefficient (Wildman–Crippen LogP) is 1.32. The molecule has 2 rings (SSSR count). The Morgan fingerprint density at radius 3 is 2.29 bits per heavy atom. The number of ether oxygens (including phenoxy) is 1. The van der Waals surface area contributed by atoms with Crippen LogP contribution in [0.25, 0.3) is 0 Å². The zero-order valence-corrected chi connectivity index (χ0v) is 8.17. The van der Waals surface area contributed by atoms with E-state index in [1.54, 1.807) is 13.8 Å². The van der Waals surface area contributed by atoms with Crippen LogP contribution in [0.3, 0.4) is 0 Å². The number of carbonyl (C=O) groups is 2. The average Bonchev–Trinajstić information content (AvgIpc) is 2.38. The van der Waals surface area contributed by atoms with E-state index in [1.807, 2.05) is 6.92 Å². The lowest BCUT2D eigenvalue weighted by atomic mass is 10.0. The van der Waals surface area contributed by atoms with Crippen molar-refractivity contribution in [3.05, 3.63) is 28.1 Å². The second-order valence-electron chi connectivity index (χ2n) is 3.35. The third kappa shape index (κ3) is 0.968. The van der Waals surface area contributed by atoms with Crippen molar-refractivity contribution in [2.24, 2.45) is 0 Å². The van der Waals surface area contributed by atoms with E-state index in [9.17, 15) is 9.59 Å². The third-order valence-corrected chi connectivity index (χ3v) is 2.58. The zero-order valence-electron chi connectivity index (χ0n) is 8.17. The van der Waals surface area contributed by atoms with Crippen molar-refractivity contribution in [3.8, 4) is 0 Å². The molecule has 0 atom stereocenters. The van der Waals surface area contributed by atoms with Crippen molar-refractivity contribution >= 4 is 11.9 Å². The highest BCUT2D eigenvalue weighted by Gasteiger charge is 2.34. The molecule has 0 saturated heterocycles. The van der Waals surface area contributed by atoms with Gasteiger partial charge in [-0.15, -0.1) is 0 Å². The Balaban J connectivity index is 2.82. The molecule has 72 valence electrons. The molecule has 1 aromatic heterocycles. The number of esters is 2. The quantitative estimate of drug-likeness (QED) is 0.458. The Morgan fingerprint density at radius 2 is 1.64 bits per heavy atom. The van der Waals surface area contributed by atoms with Crippen molar-refractivity contribution in [2.75, 3.05) is 0 Å². The maximum absolute atomic E-state index is 11.3. The fourth-order valence-electron chi connectivity index (χ4n) is 1.52. The van der Waals surface area contributed by atoms with Crippen molar-refractivity contribution in [2.45, 2.75) is 20.8 Å². The minimum absolute atomic E-state index is 0.149. The highest BCUT2D eigenvalue weighted by Crippen LogP contribution is 2.25. The molecule has 0 unspecified atom stereocenters. The maximum Gasteiger partial charge on any atom is 0.365 e. The summed E-state index contributed by atoms with van der Waals surface area (Å²) in [5.41, 5.74) is 2.93. The number of pyridine rings is 1. The highest BCUT2D eigenvalue weighted by atomic mass is 16.6. The van der Waals surface area contributed by atoms with Gasteiger partial charge in [-0.1, -0.05) is 0 Å². The molecule has 0 radical (unpaired) electrons. The van der Waals surface area contributed by atoms with Gasteiger partial charge in [0.05, 0.1) is 5.56 Å². The largest absolute Gasteiger partial charge is 0.384 e. The molecule has 0 fully saturated rings.